The third-order valence-corrected chi connectivity index (χ3v) is 5.51. The summed E-state index contributed by atoms with van der Waals surface area (Å²) < 4.78 is 26.8. The maximum Gasteiger partial charge on any atom is 0.254 e. The van der Waals surface area contributed by atoms with Crippen LogP contribution in [0.15, 0.2) is 40.9 Å². The molecule has 4 rings (SSSR count). The van der Waals surface area contributed by atoms with E-state index in [0.717, 1.165) is 18.4 Å². The third-order valence-electron chi connectivity index (χ3n) is 5.51. The zero-order valence-corrected chi connectivity index (χ0v) is 18.5. The first kappa shape index (κ1) is 21.5. The van der Waals surface area contributed by atoms with E-state index in [1.807, 2.05) is 6.07 Å². The van der Waals surface area contributed by atoms with E-state index in [2.05, 4.69) is 10.1 Å². The van der Waals surface area contributed by atoms with Gasteiger partial charge in [-0.15, -0.1) is 0 Å². The highest BCUT2D eigenvalue weighted by Gasteiger charge is 2.35. The first-order valence-electron chi connectivity index (χ1n) is 10.2. The van der Waals surface area contributed by atoms with E-state index in [-0.39, 0.29) is 11.9 Å². The highest BCUT2D eigenvalue weighted by Crippen LogP contribution is 2.36. The van der Waals surface area contributed by atoms with Gasteiger partial charge in [0.25, 0.3) is 5.91 Å². The average molecular weight is 439 g/mol. The molecule has 1 atom stereocenters. The minimum Gasteiger partial charge on any atom is -0.493 e. The van der Waals surface area contributed by atoms with Crippen molar-refractivity contribution < 1.29 is 28.3 Å². The highest BCUT2D eigenvalue weighted by atomic mass is 16.5. The molecule has 0 bridgehead atoms. The van der Waals surface area contributed by atoms with Gasteiger partial charge in [0, 0.05) is 17.7 Å². The number of amides is 1. The summed E-state index contributed by atoms with van der Waals surface area (Å²) in [6, 6.07) is 10.2. The zero-order chi connectivity index (χ0) is 22.7. The van der Waals surface area contributed by atoms with E-state index in [9.17, 15) is 4.79 Å². The number of benzene rings is 2. The molecule has 0 saturated carbocycles. The molecule has 1 saturated heterocycles. The van der Waals surface area contributed by atoms with Crippen molar-refractivity contribution in [2.75, 3.05) is 35.0 Å². The van der Waals surface area contributed by atoms with Crippen LogP contribution in [0.25, 0.3) is 11.4 Å². The lowest BCUT2D eigenvalue weighted by Crippen LogP contribution is -2.30. The number of nitrogens with zero attached hydrogens (tertiary/aromatic N) is 3. The fraction of sp³-hybridized carbons (Fsp3) is 0.348. The maximum absolute atomic E-state index is 13.2. The molecule has 32 heavy (non-hydrogen) atoms. The standard InChI is InChI=1S/C23H25N3O6/c1-28-17-9-7-14(12-19(17)30-3)21-24-22(32-25-21)16-6-5-11-26(16)23(27)15-8-10-18(29-2)20(13-15)31-4/h7-10,12-13,16H,5-6,11H2,1-4H3/t16-/m1/s1. The summed E-state index contributed by atoms with van der Waals surface area (Å²) in [4.78, 5) is 19.6. The summed E-state index contributed by atoms with van der Waals surface area (Å²) in [5.41, 5.74) is 1.24. The van der Waals surface area contributed by atoms with Gasteiger partial charge in [0.2, 0.25) is 11.7 Å². The Balaban J connectivity index is 1.58. The Labute approximate surface area is 185 Å². The van der Waals surface area contributed by atoms with Gasteiger partial charge in [-0.1, -0.05) is 5.16 Å². The molecule has 0 radical (unpaired) electrons. The second kappa shape index (κ2) is 9.17. The van der Waals surface area contributed by atoms with Crippen molar-refractivity contribution >= 4 is 5.91 Å². The van der Waals surface area contributed by atoms with Gasteiger partial charge in [0.1, 0.15) is 6.04 Å². The van der Waals surface area contributed by atoms with Crippen LogP contribution in [-0.2, 0) is 0 Å². The predicted molar refractivity (Wildman–Crippen MR) is 115 cm³/mol. The summed E-state index contributed by atoms with van der Waals surface area (Å²) in [6.07, 6.45) is 1.59. The SMILES string of the molecule is COc1ccc(C(=O)N2CCC[C@@H]2c2nc(-c3ccc(OC)c(OC)c3)no2)cc1OC. The zero-order valence-electron chi connectivity index (χ0n) is 18.5. The number of carbonyl (C=O) groups excluding carboxylic acids is 1. The van der Waals surface area contributed by atoms with Gasteiger partial charge < -0.3 is 28.4 Å². The summed E-state index contributed by atoms with van der Waals surface area (Å²) >= 11 is 0. The minimum absolute atomic E-state index is 0.126. The Kier molecular flexibility index (Phi) is 6.16. The average Bonchev–Trinajstić information content (AvgIpc) is 3.52. The Morgan fingerprint density at radius 2 is 1.59 bits per heavy atom. The first-order valence-corrected chi connectivity index (χ1v) is 10.2. The summed E-state index contributed by atoms with van der Waals surface area (Å²) in [6.45, 7) is 0.603. The summed E-state index contributed by atoms with van der Waals surface area (Å²) in [5.74, 6) is 2.96. The molecular formula is C23H25N3O6. The monoisotopic (exact) mass is 439 g/mol. The second-order valence-electron chi connectivity index (χ2n) is 7.25. The van der Waals surface area contributed by atoms with E-state index in [4.69, 9.17) is 23.5 Å². The van der Waals surface area contributed by atoms with Gasteiger partial charge in [-0.05, 0) is 49.2 Å². The van der Waals surface area contributed by atoms with E-state index in [0.29, 0.717) is 46.8 Å². The topological polar surface area (TPSA) is 96.2 Å². The molecule has 2 heterocycles. The van der Waals surface area contributed by atoms with Gasteiger partial charge in [-0.2, -0.15) is 4.98 Å². The molecule has 168 valence electrons. The molecule has 0 aliphatic carbocycles. The van der Waals surface area contributed by atoms with Crippen molar-refractivity contribution in [2.45, 2.75) is 18.9 Å². The van der Waals surface area contributed by atoms with Crippen LogP contribution in [0.1, 0.15) is 35.1 Å². The Morgan fingerprint density at radius 3 is 2.28 bits per heavy atom. The van der Waals surface area contributed by atoms with Crippen LogP contribution in [-0.4, -0.2) is 55.9 Å². The summed E-state index contributed by atoms with van der Waals surface area (Å²) in [5, 5.41) is 4.12. The minimum atomic E-state index is -0.294. The second-order valence-corrected chi connectivity index (χ2v) is 7.25. The number of methoxy groups -OCH3 is 4. The molecule has 0 spiro atoms. The molecule has 3 aromatic rings. The van der Waals surface area contributed by atoms with Crippen LogP contribution in [0, 0.1) is 0 Å². The number of likely N-dealkylation sites (tertiary alicyclic amines) is 1. The normalized spacial score (nSPS) is 15.5. The predicted octanol–water partition coefficient (Wildman–Crippen LogP) is 3.75. The molecular weight excluding hydrogens is 414 g/mol. The Bertz CT molecular complexity index is 1110. The van der Waals surface area contributed by atoms with E-state index in [1.54, 1.807) is 63.7 Å². The number of hydrogen-bond donors (Lipinski definition) is 0. The van der Waals surface area contributed by atoms with E-state index in [1.165, 1.54) is 0 Å². The molecule has 0 unspecified atom stereocenters. The van der Waals surface area contributed by atoms with Gasteiger partial charge in [-0.3, -0.25) is 4.79 Å². The summed E-state index contributed by atoms with van der Waals surface area (Å²) in [7, 11) is 6.24. The molecule has 1 aliphatic rings. The highest BCUT2D eigenvalue weighted by molar-refractivity contribution is 5.95. The fourth-order valence-electron chi connectivity index (χ4n) is 3.86. The molecule has 2 aromatic carbocycles. The van der Waals surface area contributed by atoms with Crippen molar-refractivity contribution in [1.82, 2.24) is 15.0 Å². The third kappa shape index (κ3) is 3.93. The smallest absolute Gasteiger partial charge is 0.254 e. The van der Waals surface area contributed by atoms with E-state index >= 15 is 0 Å². The Hall–Kier alpha value is -3.75. The van der Waals surface area contributed by atoms with Gasteiger partial charge in [0.15, 0.2) is 23.0 Å². The first-order chi connectivity index (χ1) is 15.6. The van der Waals surface area contributed by atoms with Crippen LogP contribution in [0.4, 0.5) is 0 Å². The number of rotatable bonds is 7. The molecule has 9 heteroatoms. The van der Waals surface area contributed by atoms with Crippen molar-refractivity contribution in [3.8, 4) is 34.4 Å². The fourth-order valence-corrected chi connectivity index (χ4v) is 3.86. The van der Waals surface area contributed by atoms with Gasteiger partial charge >= 0.3 is 0 Å². The van der Waals surface area contributed by atoms with Crippen molar-refractivity contribution in [1.29, 1.82) is 0 Å². The van der Waals surface area contributed by atoms with Crippen molar-refractivity contribution in [3.63, 3.8) is 0 Å². The van der Waals surface area contributed by atoms with Crippen LogP contribution in [0.5, 0.6) is 23.0 Å². The number of aromatic nitrogens is 2. The Morgan fingerprint density at radius 1 is 0.938 bits per heavy atom. The lowest BCUT2D eigenvalue weighted by atomic mass is 10.1. The molecule has 1 amide bonds. The molecule has 1 fully saturated rings. The van der Waals surface area contributed by atoms with Gasteiger partial charge in [0.05, 0.1) is 28.4 Å². The number of carbonyl (C=O) groups is 1. The maximum atomic E-state index is 13.2. The lowest BCUT2D eigenvalue weighted by molar-refractivity contribution is 0.0709. The number of ether oxygens (including phenoxy) is 4. The largest absolute Gasteiger partial charge is 0.493 e. The van der Waals surface area contributed by atoms with Crippen molar-refractivity contribution in [3.05, 3.63) is 47.9 Å². The lowest BCUT2D eigenvalue weighted by Gasteiger charge is -2.22. The van der Waals surface area contributed by atoms with Crippen molar-refractivity contribution in [2.24, 2.45) is 0 Å². The van der Waals surface area contributed by atoms with Crippen LogP contribution >= 0.6 is 0 Å². The van der Waals surface area contributed by atoms with Gasteiger partial charge in [-0.25, -0.2) is 0 Å². The molecule has 9 nitrogen and oxygen atoms in total. The molecule has 1 aromatic heterocycles. The number of hydrogen-bond acceptors (Lipinski definition) is 8. The van der Waals surface area contributed by atoms with E-state index < -0.39 is 0 Å². The van der Waals surface area contributed by atoms with Crippen LogP contribution < -0.4 is 18.9 Å². The quantitative estimate of drug-likeness (QED) is 0.549. The molecule has 0 N–H and O–H groups in total. The van der Waals surface area contributed by atoms with Crippen LogP contribution in [0.3, 0.4) is 0 Å². The molecule has 1 aliphatic heterocycles. The van der Waals surface area contributed by atoms with Crippen LogP contribution in [0.2, 0.25) is 0 Å².